The van der Waals surface area contributed by atoms with Crippen LogP contribution in [0, 0.1) is 5.92 Å². The molecular formula is C16H27NS. The van der Waals surface area contributed by atoms with E-state index in [-0.39, 0.29) is 0 Å². The van der Waals surface area contributed by atoms with Crippen LogP contribution in [-0.4, -0.2) is 12.3 Å². The van der Waals surface area contributed by atoms with Gasteiger partial charge in [-0.25, -0.2) is 0 Å². The van der Waals surface area contributed by atoms with Crippen molar-refractivity contribution in [3.8, 4) is 0 Å². The zero-order valence-corrected chi connectivity index (χ0v) is 13.2. The van der Waals surface area contributed by atoms with Gasteiger partial charge in [0, 0.05) is 17.0 Å². The number of nitrogens with one attached hydrogen (secondary N) is 1. The van der Waals surface area contributed by atoms with Gasteiger partial charge in [-0.05, 0) is 56.6 Å². The summed E-state index contributed by atoms with van der Waals surface area (Å²) in [7, 11) is 0. The highest BCUT2D eigenvalue weighted by atomic mass is 32.2. The number of hydrogen-bond acceptors (Lipinski definition) is 2. The fourth-order valence-corrected chi connectivity index (χ4v) is 2.49. The molecule has 0 aliphatic carbocycles. The molecule has 0 bridgehead atoms. The zero-order chi connectivity index (χ0) is 13.5. The van der Waals surface area contributed by atoms with Crippen LogP contribution in [0.1, 0.15) is 52.1 Å². The Hall–Kier alpha value is -0.470. The van der Waals surface area contributed by atoms with Gasteiger partial charge in [0.25, 0.3) is 0 Å². The van der Waals surface area contributed by atoms with E-state index in [1.807, 2.05) is 0 Å². The van der Waals surface area contributed by atoms with Crippen LogP contribution < -0.4 is 5.32 Å². The summed E-state index contributed by atoms with van der Waals surface area (Å²) in [6.45, 7) is 9.11. The monoisotopic (exact) mass is 265 g/mol. The molecule has 2 unspecified atom stereocenters. The van der Waals surface area contributed by atoms with E-state index < -0.39 is 0 Å². The summed E-state index contributed by atoms with van der Waals surface area (Å²) >= 11 is 1.79. The summed E-state index contributed by atoms with van der Waals surface area (Å²) in [4.78, 5) is 1.33. The second-order valence-electron chi connectivity index (χ2n) is 5.53. The average molecular weight is 265 g/mol. The normalized spacial score (nSPS) is 14.8. The van der Waals surface area contributed by atoms with Crippen molar-refractivity contribution in [1.29, 1.82) is 0 Å². The minimum absolute atomic E-state index is 0.433. The van der Waals surface area contributed by atoms with Gasteiger partial charge in [0.05, 0.1) is 0 Å². The second-order valence-corrected chi connectivity index (χ2v) is 6.41. The maximum atomic E-state index is 3.68. The third kappa shape index (κ3) is 5.45. The molecule has 0 aliphatic heterocycles. The number of thioether (sulfide) groups is 1. The molecule has 0 saturated carbocycles. The molecule has 0 saturated heterocycles. The van der Waals surface area contributed by atoms with Gasteiger partial charge in [-0.3, -0.25) is 0 Å². The first-order chi connectivity index (χ1) is 8.52. The Morgan fingerprint density at radius 3 is 2.11 bits per heavy atom. The summed E-state index contributed by atoms with van der Waals surface area (Å²) in [5.74, 6) is 0.797. The highest BCUT2D eigenvalue weighted by molar-refractivity contribution is 7.98. The summed E-state index contributed by atoms with van der Waals surface area (Å²) < 4.78 is 0. The fraction of sp³-hybridized carbons (Fsp3) is 0.625. The van der Waals surface area contributed by atoms with E-state index in [0.29, 0.717) is 12.1 Å². The van der Waals surface area contributed by atoms with Gasteiger partial charge in [0.1, 0.15) is 0 Å². The van der Waals surface area contributed by atoms with Crippen molar-refractivity contribution in [2.45, 2.75) is 57.5 Å². The first-order valence-electron chi connectivity index (χ1n) is 6.93. The third-order valence-corrected chi connectivity index (χ3v) is 4.07. The molecule has 0 aliphatic rings. The van der Waals surface area contributed by atoms with Gasteiger partial charge in [0.15, 0.2) is 0 Å². The maximum absolute atomic E-state index is 3.68. The lowest BCUT2D eigenvalue weighted by Crippen LogP contribution is -2.29. The van der Waals surface area contributed by atoms with Crippen LogP contribution in [0.2, 0.25) is 0 Å². The molecule has 2 heteroatoms. The number of rotatable bonds is 7. The van der Waals surface area contributed by atoms with Gasteiger partial charge in [-0.1, -0.05) is 26.0 Å². The Morgan fingerprint density at radius 2 is 1.61 bits per heavy atom. The Labute approximate surface area is 117 Å². The summed E-state index contributed by atoms with van der Waals surface area (Å²) in [6, 6.07) is 9.90. The van der Waals surface area contributed by atoms with Gasteiger partial charge < -0.3 is 5.32 Å². The Kier molecular flexibility index (Phi) is 6.80. The van der Waals surface area contributed by atoms with Crippen LogP contribution in [0.4, 0.5) is 0 Å². The van der Waals surface area contributed by atoms with Gasteiger partial charge >= 0.3 is 0 Å². The van der Waals surface area contributed by atoms with Crippen LogP contribution in [-0.2, 0) is 0 Å². The van der Waals surface area contributed by atoms with Crippen LogP contribution >= 0.6 is 11.8 Å². The van der Waals surface area contributed by atoms with Crippen molar-refractivity contribution in [2.24, 2.45) is 5.92 Å². The van der Waals surface area contributed by atoms with Gasteiger partial charge in [-0.15, -0.1) is 11.8 Å². The van der Waals surface area contributed by atoms with Crippen LogP contribution in [0.15, 0.2) is 29.2 Å². The number of benzene rings is 1. The van der Waals surface area contributed by atoms with Gasteiger partial charge in [-0.2, -0.15) is 0 Å². The van der Waals surface area contributed by atoms with Crippen molar-refractivity contribution in [1.82, 2.24) is 5.32 Å². The highest BCUT2D eigenvalue weighted by Gasteiger charge is 2.09. The van der Waals surface area contributed by atoms with E-state index in [2.05, 4.69) is 63.5 Å². The minimum atomic E-state index is 0.433. The van der Waals surface area contributed by atoms with E-state index in [1.165, 1.54) is 23.3 Å². The van der Waals surface area contributed by atoms with Crippen molar-refractivity contribution in [3.05, 3.63) is 29.8 Å². The van der Waals surface area contributed by atoms with Crippen molar-refractivity contribution < 1.29 is 0 Å². The van der Waals surface area contributed by atoms with Crippen LogP contribution in [0.5, 0.6) is 0 Å². The highest BCUT2D eigenvalue weighted by Crippen LogP contribution is 2.19. The molecule has 0 amide bonds. The molecule has 1 rings (SSSR count). The number of hydrogen-bond donors (Lipinski definition) is 1. The standard InChI is InChI=1S/C16H27NS/c1-12(2)6-7-13(3)17-14(4)15-8-10-16(18-5)11-9-15/h8-14,17H,6-7H2,1-5H3. The predicted molar refractivity (Wildman–Crippen MR) is 83.3 cm³/mol. The lowest BCUT2D eigenvalue weighted by molar-refractivity contribution is 0.417. The van der Waals surface area contributed by atoms with Crippen molar-refractivity contribution >= 4 is 11.8 Å². The van der Waals surface area contributed by atoms with Gasteiger partial charge in [0.2, 0.25) is 0 Å². The summed E-state index contributed by atoms with van der Waals surface area (Å²) in [6.07, 6.45) is 4.67. The first kappa shape index (κ1) is 15.6. The second kappa shape index (κ2) is 7.85. The lowest BCUT2D eigenvalue weighted by Gasteiger charge is -2.21. The molecule has 0 spiro atoms. The Bertz CT molecular complexity index is 331. The molecule has 0 heterocycles. The molecule has 1 aromatic carbocycles. The van der Waals surface area contributed by atoms with E-state index in [4.69, 9.17) is 0 Å². The third-order valence-electron chi connectivity index (χ3n) is 3.33. The minimum Gasteiger partial charge on any atom is -0.308 e. The molecule has 2 atom stereocenters. The van der Waals surface area contributed by atoms with Crippen molar-refractivity contribution in [3.63, 3.8) is 0 Å². The lowest BCUT2D eigenvalue weighted by atomic mass is 10.0. The van der Waals surface area contributed by atoms with E-state index >= 15 is 0 Å². The molecule has 18 heavy (non-hydrogen) atoms. The topological polar surface area (TPSA) is 12.0 Å². The SMILES string of the molecule is CSc1ccc(C(C)NC(C)CCC(C)C)cc1. The molecule has 1 N–H and O–H groups in total. The van der Waals surface area contributed by atoms with E-state index in [1.54, 1.807) is 11.8 Å². The van der Waals surface area contributed by atoms with E-state index in [0.717, 1.165) is 5.92 Å². The molecule has 1 nitrogen and oxygen atoms in total. The smallest absolute Gasteiger partial charge is 0.0294 e. The molecule has 0 fully saturated rings. The molecule has 0 radical (unpaired) electrons. The van der Waals surface area contributed by atoms with Crippen LogP contribution in [0.3, 0.4) is 0 Å². The molecule has 1 aromatic rings. The predicted octanol–water partition coefficient (Wildman–Crippen LogP) is 4.88. The molecular weight excluding hydrogens is 238 g/mol. The summed E-state index contributed by atoms with van der Waals surface area (Å²) in [5, 5.41) is 3.68. The van der Waals surface area contributed by atoms with E-state index in [9.17, 15) is 0 Å². The first-order valence-corrected chi connectivity index (χ1v) is 8.15. The maximum Gasteiger partial charge on any atom is 0.0294 e. The quantitative estimate of drug-likeness (QED) is 0.705. The van der Waals surface area contributed by atoms with Crippen molar-refractivity contribution in [2.75, 3.05) is 6.26 Å². The Morgan fingerprint density at radius 1 is 1.00 bits per heavy atom. The summed E-state index contributed by atoms with van der Waals surface area (Å²) in [5.41, 5.74) is 1.38. The average Bonchev–Trinajstić information content (AvgIpc) is 2.36. The fourth-order valence-electron chi connectivity index (χ4n) is 2.08. The van der Waals surface area contributed by atoms with Crippen LogP contribution in [0.25, 0.3) is 0 Å². The zero-order valence-electron chi connectivity index (χ0n) is 12.4. The molecule has 102 valence electrons. The Balaban J connectivity index is 2.45. The molecule has 0 aromatic heterocycles. The largest absolute Gasteiger partial charge is 0.308 e.